The number of benzene rings is 2. The van der Waals surface area contributed by atoms with Gasteiger partial charge in [-0.2, -0.15) is 0 Å². The van der Waals surface area contributed by atoms with E-state index in [1.165, 1.54) is 29.7 Å². The average Bonchev–Trinajstić information content (AvgIpc) is 3.24. The quantitative estimate of drug-likeness (QED) is 0.427. The fourth-order valence-electron chi connectivity index (χ4n) is 5.29. The van der Waals surface area contributed by atoms with E-state index >= 15 is 0 Å². The first-order valence-corrected chi connectivity index (χ1v) is 13.2. The van der Waals surface area contributed by atoms with Gasteiger partial charge >= 0.3 is 0 Å². The van der Waals surface area contributed by atoms with Crippen LogP contribution in [0, 0.1) is 0 Å². The van der Waals surface area contributed by atoms with Gasteiger partial charge in [0.2, 0.25) is 0 Å². The van der Waals surface area contributed by atoms with E-state index in [2.05, 4.69) is 17.0 Å². The number of rotatable bonds is 7. The van der Waals surface area contributed by atoms with Gasteiger partial charge in [0.1, 0.15) is 5.75 Å². The lowest BCUT2D eigenvalue weighted by atomic mass is 9.85. The van der Waals surface area contributed by atoms with Gasteiger partial charge < -0.3 is 9.84 Å². The van der Waals surface area contributed by atoms with Gasteiger partial charge in [0.05, 0.1) is 13.2 Å². The Balaban J connectivity index is 1.34. The van der Waals surface area contributed by atoms with E-state index in [-0.39, 0.29) is 11.5 Å². The molecule has 1 aliphatic heterocycles. The lowest BCUT2D eigenvalue weighted by Crippen LogP contribution is -2.36. The zero-order valence-corrected chi connectivity index (χ0v) is 20.0. The Bertz CT molecular complexity index is 1090. The second kappa shape index (κ2) is 10.4. The molecule has 4 nitrogen and oxygen atoms in total. The molecular weight excluding hydrogens is 430 g/mol. The van der Waals surface area contributed by atoms with Crippen LogP contribution in [0.4, 0.5) is 0 Å². The molecule has 0 spiro atoms. The number of aryl methyl sites for hydroxylation is 1. The third-order valence-corrected chi connectivity index (χ3v) is 8.48. The van der Waals surface area contributed by atoms with Crippen molar-refractivity contribution in [3.05, 3.63) is 64.0 Å². The van der Waals surface area contributed by atoms with Gasteiger partial charge in [0.25, 0.3) is 0 Å². The van der Waals surface area contributed by atoms with Crippen molar-refractivity contribution in [2.24, 2.45) is 0 Å². The van der Waals surface area contributed by atoms with Crippen LogP contribution in [0.1, 0.15) is 70.8 Å². The summed E-state index contributed by atoms with van der Waals surface area (Å²) in [5.41, 5.74) is 2.91. The van der Waals surface area contributed by atoms with Crippen LogP contribution < -0.4 is 0 Å². The average molecular weight is 464 g/mol. The molecule has 3 aromatic rings. The lowest BCUT2D eigenvalue weighted by molar-refractivity contribution is 0.0375. The van der Waals surface area contributed by atoms with Crippen LogP contribution in [-0.4, -0.2) is 48.6 Å². The van der Waals surface area contributed by atoms with Crippen molar-refractivity contribution in [2.75, 3.05) is 32.8 Å². The first-order chi connectivity index (χ1) is 16.2. The highest BCUT2D eigenvalue weighted by Crippen LogP contribution is 2.43. The van der Waals surface area contributed by atoms with E-state index in [0.717, 1.165) is 79.7 Å². The Labute approximate surface area is 200 Å². The smallest absolute Gasteiger partial charge is 0.194 e. The predicted molar refractivity (Wildman–Crippen MR) is 135 cm³/mol. The third-order valence-electron chi connectivity index (χ3n) is 7.16. The zero-order chi connectivity index (χ0) is 22.6. The Morgan fingerprint density at radius 3 is 2.55 bits per heavy atom. The van der Waals surface area contributed by atoms with Crippen molar-refractivity contribution in [3.8, 4) is 5.75 Å². The van der Waals surface area contributed by atoms with Gasteiger partial charge in [-0.1, -0.05) is 43.5 Å². The Kier molecular flexibility index (Phi) is 7.10. The molecule has 2 heterocycles. The number of phenols is 1. The van der Waals surface area contributed by atoms with Gasteiger partial charge in [0, 0.05) is 39.2 Å². The summed E-state index contributed by atoms with van der Waals surface area (Å²) < 4.78 is 6.44. The highest BCUT2D eigenvalue weighted by molar-refractivity contribution is 7.19. The standard InChI is InChI=1S/C28H33NO3S/c30-23-12-13-24-25(19-23)33-28(22-6-2-1-3-7-22)26(24)27(31)21-10-8-20(9-11-21)5-4-14-29-15-17-32-18-16-29/h8-13,19,22,30H,1-7,14-18H2. The van der Waals surface area contributed by atoms with Crippen molar-refractivity contribution >= 4 is 27.2 Å². The van der Waals surface area contributed by atoms with Gasteiger partial charge in [-0.05, 0) is 61.9 Å². The fourth-order valence-corrected chi connectivity index (χ4v) is 6.69. The van der Waals surface area contributed by atoms with E-state index in [4.69, 9.17) is 4.74 Å². The number of ether oxygens (including phenoxy) is 1. The number of ketones is 1. The van der Waals surface area contributed by atoms with Gasteiger partial charge in [-0.3, -0.25) is 9.69 Å². The van der Waals surface area contributed by atoms with Crippen LogP contribution in [0.15, 0.2) is 42.5 Å². The van der Waals surface area contributed by atoms with Crippen LogP contribution in [0.3, 0.4) is 0 Å². The maximum Gasteiger partial charge on any atom is 0.194 e. The molecule has 33 heavy (non-hydrogen) atoms. The number of carbonyl (C=O) groups excluding carboxylic acids is 1. The Morgan fingerprint density at radius 1 is 1.03 bits per heavy atom. The molecule has 174 valence electrons. The number of thiophene rings is 1. The van der Waals surface area contributed by atoms with E-state index in [9.17, 15) is 9.90 Å². The number of aromatic hydroxyl groups is 1. The maximum absolute atomic E-state index is 13.7. The first-order valence-electron chi connectivity index (χ1n) is 12.4. The first kappa shape index (κ1) is 22.6. The predicted octanol–water partition coefficient (Wildman–Crippen LogP) is 6.15. The minimum Gasteiger partial charge on any atom is -0.508 e. The van der Waals surface area contributed by atoms with Crippen molar-refractivity contribution < 1.29 is 14.6 Å². The van der Waals surface area contributed by atoms with E-state index in [0.29, 0.717) is 5.92 Å². The molecule has 2 aliphatic rings. The Hall–Kier alpha value is -2.21. The number of morpholine rings is 1. The normalized spacial score (nSPS) is 18.1. The molecule has 1 saturated carbocycles. The minimum atomic E-state index is 0.118. The number of carbonyl (C=O) groups is 1. The van der Waals surface area contributed by atoms with E-state index in [1.54, 1.807) is 23.5 Å². The van der Waals surface area contributed by atoms with E-state index in [1.807, 2.05) is 18.2 Å². The van der Waals surface area contributed by atoms with Gasteiger partial charge in [0.15, 0.2) is 5.78 Å². The molecule has 1 N–H and O–H groups in total. The molecule has 0 unspecified atom stereocenters. The van der Waals surface area contributed by atoms with Crippen LogP contribution in [0.25, 0.3) is 10.1 Å². The summed E-state index contributed by atoms with van der Waals surface area (Å²) in [5.74, 6) is 0.837. The maximum atomic E-state index is 13.7. The van der Waals surface area contributed by atoms with Crippen molar-refractivity contribution in [1.82, 2.24) is 4.90 Å². The molecular formula is C28H33NO3S. The number of nitrogens with zero attached hydrogens (tertiary/aromatic N) is 1. The largest absolute Gasteiger partial charge is 0.508 e. The topological polar surface area (TPSA) is 49.8 Å². The number of hydrogen-bond acceptors (Lipinski definition) is 5. The summed E-state index contributed by atoms with van der Waals surface area (Å²) in [4.78, 5) is 17.4. The fraction of sp³-hybridized carbons (Fsp3) is 0.464. The Morgan fingerprint density at radius 2 is 1.79 bits per heavy atom. The summed E-state index contributed by atoms with van der Waals surface area (Å²) in [5, 5.41) is 11.0. The molecule has 1 saturated heterocycles. The van der Waals surface area contributed by atoms with Crippen molar-refractivity contribution in [2.45, 2.75) is 50.9 Å². The summed E-state index contributed by atoms with van der Waals surface area (Å²) in [6.07, 6.45) is 8.21. The molecule has 0 atom stereocenters. The molecule has 2 fully saturated rings. The van der Waals surface area contributed by atoms with Crippen LogP contribution in [-0.2, 0) is 11.2 Å². The van der Waals surface area contributed by atoms with Crippen LogP contribution in [0.2, 0.25) is 0 Å². The third kappa shape index (κ3) is 5.16. The van der Waals surface area contributed by atoms with Crippen LogP contribution >= 0.6 is 11.3 Å². The molecule has 1 aliphatic carbocycles. The summed E-state index contributed by atoms with van der Waals surface area (Å²) in [6.45, 7) is 4.85. The molecule has 0 amide bonds. The summed E-state index contributed by atoms with van der Waals surface area (Å²) >= 11 is 1.70. The number of phenolic OH excluding ortho intramolecular Hbond substituents is 1. The molecule has 5 rings (SSSR count). The highest BCUT2D eigenvalue weighted by atomic mass is 32.1. The minimum absolute atomic E-state index is 0.118. The monoisotopic (exact) mass is 463 g/mol. The van der Waals surface area contributed by atoms with Gasteiger partial charge in [-0.25, -0.2) is 0 Å². The number of hydrogen-bond donors (Lipinski definition) is 1. The van der Waals surface area contributed by atoms with Gasteiger partial charge in [-0.15, -0.1) is 11.3 Å². The summed E-state index contributed by atoms with van der Waals surface area (Å²) in [7, 11) is 0. The molecule has 1 aromatic heterocycles. The van der Waals surface area contributed by atoms with E-state index < -0.39 is 0 Å². The highest BCUT2D eigenvalue weighted by Gasteiger charge is 2.27. The van der Waals surface area contributed by atoms with Crippen LogP contribution in [0.5, 0.6) is 5.75 Å². The second-order valence-corrected chi connectivity index (χ2v) is 10.5. The molecule has 2 aromatic carbocycles. The molecule has 5 heteroatoms. The van der Waals surface area contributed by atoms with Crippen molar-refractivity contribution in [3.63, 3.8) is 0 Å². The van der Waals surface area contributed by atoms with Crippen molar-refractivity contribution in [1.29, 1.82) is 0 Å². The molecule has 0 bridgehead atoms. The lowest BCUT2D eigenvalue weighted by Gasteiger charge is -2.26. The second-order valence-electron chi connectivity index (χ2n) is 9.44. The zero-order valence-electron chi connectivity index (χ0n) is 19.2. The molecule has 0 radical (unpaired) electrons. The SMILES string of the molecule is O=C(c1ccc(CCCN2CCOCC2)cc1)c1c(C2CCCCC2)sc2cc(O)ccc12. The summed E-state index contributed by atoms with van der Waals surface area (Å²) in [6, 6.07) is 13.7. The number of fused-ring (bicyclic) bond motifs is 1.